The zero-order valence-electron chi connectivity index (χ0n) is 10.7. The van der Waals surface area contributed by atoms with E-state index in [2.05, 4.69) is 10.7 Å². The normalized spacial score (nSPS) is 10.2. The largest absolute Gasteiger partial charge is 0.323 e. The maximum atomic E-state index is 13.2. The van der Waals surface area contributed by atoms with Crippen molar-refractivity contribution in [3.8, 4) is 0 Å². The van der Waals surface area contributed by atoms with Gasteiger partial charge in [0.2, 0.25) is 0 Å². The van der Waals surface area contributed by atoms with Crippen molar-refractivity contribution in [2.45, 2.75) is 6.92 Å². The van der Waals surface area contributed by atoms with E-state index in [1.54, 1.807) is 12.1 Å². The highest BCUT2D eigenvalue weighted by Crippen LogP contribution is 2.24. The quantitative estimate of drug-likeness (QED) is 0.601. The van der Waals surface area contributed by atoms with Crippen molar-refractivity contribution in [1.82, 2.24) is 0 Å². The van der Waals surface area contributed by atoms with Crippen LogP contribution in [0.2, 0.25) is 5.02 Å². The molecule has 6 heteroatoms. The first-order valence-electron chi connectivity index (χ1n) is 5.85. The van der Waals surface area contributed by atoms with Crippen molar-refractivity contribution in [2.24, 2.45) is 5.84 Å². The maximum absolute atomic E-state index is 13.2. The van der Waals surface area contributed by atoms with E-state index < -0.39 is 11.7 Å². The van der Waals surface area contributed by atoms with Crippen LogP contribution >= 0.6 is 11.6 Å². The number of benzene rings is 2. The summed E-state index contributed by atoms with van der Waals surface area (Å²) in [6.45, 7) is 1.85. The highest BCUT2D eigenvalue weighted by Gasteiger charge is 2.13. The second kappa shape index (κ2) is 5.90. The van der Waals surface area contributed by atoms with Crippen molar-refractivity contribution in [1.29, 1.82) is 0 Å². The van der Waals surface area contributed by atoms with E-state index >= 15 is 0 Å². The molecule has 4 N–H and O–H groups in total. The van der Waals surface area contributed by atoms with Gasteiger partial charge in [0.15, 0.2) is 0 Å². The number of hydrogen-bond donors (Lipinski definition) is 3. The standard InChI is InChI=1S/C14H13ClFN3O/c1-8-2-5-12(19-17)10(6-8)14(20)18-13-7-9(16)3-4-11(13)15/h2-7,19H,17H2,1H3,(H,18,20). The molecule has 0 aliphatic rings. The summed E-state index contributed by atoms with van der Waals surface area (Å²) in [7, 11) is 0. The van der Waals surface area contributed by atoms with Crippen LogP contribution in [0.5, 0.6) is 0 Å². The third kappa shape index (κ3) is 3.07. The van der Waals surface area contributed by atoms with E-state index in [4.69, 9.17) is 17.4 Å². The van der Waals surface area contributed by atoms with Gasteiger partial charge in [-0.2, -0.15) is 0 Å². The number of nitrogen functional groups attached to an aromatic ring is 1. The Hall–Kier alpha value is -2.11. The maximum Gasteiger partial charge on any atom is 0.257 e. The molecule has 0 aliphatic carbocycles. The van der Waals surface area contributed by atoms with Crippen LogP contribution in [0.3, 0.4) is 0 Å². The van der Waals surface area contributed by atoms with Crippen LogP contribution in [0.25, 0.3) is 0 Å². The third-order valence-corrected chi connectivity index (χ3v) is 3.08. The Balaban J connectivity index is 2.32. The highest BCUT2D eigenvalue weighted by atomic mass is 35.5. The van der Waals surface area contributed by atoms with E-state index in [-0.39, 0.29) is 10.7 Å². The fourth-order valence-corrected chi connectivity index (χ4v) is 1.92. The molecule has 0 aromatic heterocycles. The van der Waals surface area contributed by atoms with Crippen molar-refractivity contribution in [3.63, 3.8) is 0 Å². The summed E-state index contributed by atoms with van der Waals surface area (Å²) in [5.41, 5.74) is 4.39. The predicted octanol–water partition coefficient (Wildman–Crippen LogP) is 3.33. The van der Waals surface area contributed by atoms with Gasteiger partial charge >= 0.3 is 0 Å². The van der Waals surface area contributed by atoms with Crippen molar-refractivity contribution in [3.05, 3.63) is 58.4 Å². The molecule has 2 aromatic rings. The van der Waals surface area contributed by atoms with Crippen LogP contribution < -0.4 is 16.6 Å². The van der Waals surface area contributed by atoms with E-state index in [9.17, 15) is 9.18 Å². The molecule has 0 atom stereocenters. The number of amides is 1. The average Bonchev–Trinajstić information content (AvgIpc) is 2.42. The van der Waals surface area contributed by atoms with E-state index in [0.29, 0.717) is 11.3 Å². The van der Waals surface area contributed by atoms with E-state index in [1.165, 1.54) is 12.1 Å². The fraction of sp³-hybridized carbons (Fsp3) is 0.0714. The number of hydrogen-bond acceptors (Lipinski definition) is 3. The summed E-state index contributed by atoms with van der Waals surface area (Å²) in [6.07, 6.45) is 0. The van der Waals surface area contributed by atoms with E-state index in [0.717, 1.165) is 11.6 Å². The summed E-state index contributed by atoms with van der Waals surface area (Å²) in [4.78, 5) is 12.2. The van der Waals surface area contributed by atoms with Crippen LogP contribution in [0.4, 0.5) is 15.8 Å². The van der Waals surface area contributed by atoms with Gasteiger partial charge in [0.25, 0.3) is 5.91 Å². The Kier molecular flexibility index (Phi) is 4.22. The Morgan fingerprint density at radius 1 is 1.20 bits per heavy atom. The minimum atomic E-state index is -0.480. The van der Waals surface area contributed by atoms with Crippen LogP contribution in [-0.2, 0) is 0 Å². The number of halogens is 2. The lowest BCUT2D eigenvalue weighted by atomic mass is 10.1. The number of hydrazine groups is 1. The number of rotatable bonds is 3. The molecule has 2 rings (SSSR count). The predicted molar refractivity (Wildman–Crippen MR) is 78.4 cm³/mol. The van der Waals surface area contributed by atoms with Crippen molar-refractivity contribution >= 4 is 28.9 Å². The van der Waals surface area contributed by atoms with Gasteiger partial charge in [-0.25, -0.2) is 4.39 Å². The minimum Gasteiger partial charge on any atom is -0.323 e. The smallest absolute Gasteiger partial charge is 0.257 e. The number of nitrogens with one attached hydrogen (secondary N) is 2. The second-order valence-corrected chi connectivity index (χ2v) is 4.68. The summed E-state index contributed by atoms with van der Waals surface area (Å²) in [5.74, 6) is 4.47. The molecule has 4 nitrogen and oxygen atoms in total. The lowest BCUT2D eigenvalue weighted by molar-refractivity contribution is 0.102. The fourth-order valence-electron chi connectivity index (χ4n) is 1.75. The van der Waals surface area contributed by atoms with Gasteiger partial charge in [0.05, 0.1) is 22.0 Å². The van der Waals surface area contributed by atoms with Crippen molar-refractivity contribution < 1.29 is 9.18 Å². The molecule has 1 amide bonds. The SMILES string of the molecule is Cc1ccc(NN)c(C(=O)Nc2cc(F)ccc2Cl)c1. The molecule has 2 aromatic carbocycles. The van der Waals surface area contributed by atoms with Gasteiger partial charge in [-0.1, -0.05) is 23.2 Å². The lowest BCUT2D eigenvalue weighted by Gasteiger charge is -2.11. The summed E-state index contributed by atoms with van der Waals surface area (Å²) >= 11 is 5.91. The molecule has 20 heavy (non-hydrogen) atoms. The molecular weight excluding hydrogens is 281 g/mol. The number of carbonyl (C=O) groups excluding carboxylic acids is 1. The first-order valence-corrected chi connectivity index (χ1v) is 6.22. The Bertz CT molecular complexity index is 661. The third-order valence-electron chi connectivity index (χ3n) is 2.75. The second-order valence-electron chi connectivity index (χ2n) is 4.27. The van der Waals surface area contributed by atoms with Crippen molar-refractivity contribution in [2.75, 3.05) is 10.7 Å². The molecule has 0 saturated heterocycles. The summed E-state index contributed by atoms with van der Waals surface area (Å²) in [6, 6.07) is 8.95. The topological polar surface area (TPSA) is 67.1 Å². The van der Waals surface area contributed by atoms with Crippen LogP contribution in [0.15, 0.2) is 36.4 Å². The monoisotopic (exact) mass is 293 g/mol. The Labute approximate surface area is 120 Å². The molecule has 0 saturated carbocycles. The molecule has 0 fully saturated rings. The first kappa shape index (κ1) is 14.3. The Morgan fingerprint density at radius 2 is 1.95 bits per heavy atom. The zero-order chi connectivity index (χ0) is 14.7. The van der Waals surface area contributed by atoms with Gasteiger partial charge in [-0.15, -0.1) is 0 Å². The van der Waals surface area contributed by atoms with Crippen LogP contribution in [0.1, 0.15) is 15.9 Å². The zero-order valence-corrected chi connectivity index (χ0v) is 11.5. The van der Waals surface area contributed by atoms with E-state index in [1.807, 2.05) is 13.0 Å². The average molecular weight is 294 g/mol. The van der Waals surface area contributed by atoms with Crippen LogP contribution in [-0.4, -0.2) is 5.91 Å². The molecule has 0 unspecified atom stereocenters. The number of anilines is 2. The number of aryl methyl sites for hydroxylation is 1. The summed E-state index contributed by atoms with van der Waals surface area (Å²) in [5, 5.41) is 2.82. The number of carbonyl (C=O) groups is 1. The Morgan fingerprint density at radius 3 is 2.65 bits per heavy atom. The highest BCUT2D eigenvalue weighted by molar-refractivity contribution is 6.34. The molecule has 0 heterocycles. The van der Waals surface area contributed by atoms with Gasteiger partial charge in [-0.3, -0.25) is 10.6 Å². The molecule has 0 spiro atoms. The van der Waals surface area contributed by atoms with Gasteiger partial charge in [0.1, 0.15) is 5.82 Å². The van der Waals surface area contributed by atoms with Gasteiger partial charge in [0, 0.05) is 0 Å². The first-order chi connectivity index (χ1) is 9.51. The van der Waals surface area contributed by atoms with Gasteiger partial charge < -0.3 is 10.7 Å². The molecule has 0 aliphatic heterocycles. The minimum absolute atomic E-state index is 0.209. The van der Waals surface area contributed by atoms with Crippen LogP contribution in [0, 0.1) is 12.7 Å². The lowest BCUT2D eigenvalue weighted by Crippen LogP contribution is -2.17. The van der Waals surface area contributed by atoms with Gasteiger partial charge in [-0.05, 0) is 37.3 Å². The molecular formula is C14H13ClFN3O. The molecule has 0 radical (unpaired) electrons. The molecule has 0 bridgehead atoms. The molecule has 104 valence electrons. The summed E-state index contributed by atoms with van der Waals surface area (Å²) < 4.78 is 13.2. The number of nitrogens with two attached hydrogens (primary N) is 1.